The predicted molar refractivity (Wildman–Crippen MR) is 65.1 cm³/mol. The van der Waals surface area contributed by atoms with Crippen LogP contribution in [0, 0.1) is 0 Å². The van der Waals surface area contributed by atoms with E-state index in [2.05, 4.69) is 5.32 Å². The van der Waals surface area contributed by atoms with Gasteiger partial charge in [0.05, 0.1) is 19.3 Å². The lowest BCUT2D eigenvalue weighted by Gasteiger charge is -2.11. The molecule has 1 aromatic rings. The van der Waals surface area contributed by atoms with Crippen molar-refractivity contribution >= 4 is 17.3 Å². The lowest BCUT2D eigenvalue weighted by molar-refractivity contribution is 0.0489. The standard InChI is InChI=1S/C12H16ClNO2/c13-10-2-1-3-11(8-10)14-5-7-16-12-4-6-15-9-12/h1-3,8,12,14H,4-7,9H2. The van der Waals surface area contributed by atoms with Gasteiger partial charge < -0.3 is 14.8 Å². The molecule has 16 heavy (non-hydrogen) atoms. The first kappa shape index (κ1) is 11.7. The molecule has 3 nitrogen and oxygen atoms in total. The number of nitrogens with one attached hydrogen (secondary N) is 1. The highest BCUT2D eigenvalue weighted by atomic mass is 35.5. The van der Waals surface area contributed by atoms with Crippen LogP contribution in [0.2, 0.25) is 5.02 Å². The molecule has 1 N–H and O–H groups in total. The molecule has 1 aromatic carbocycles. The summed E-state index contributed by atoms with van der Waals surface area (Å²) in [7, 11) is 0. The Kier molecular flexibility index (Phi) is 4.45. The molecule has 1 heterocycles. The Bertz CT molecular complexity index is 327. The largest absolute Gasteiger partial charge is 0.383 e. The second-order valence-corrected chi connectivity index (χ2v) is 4.23. The quantitative estimate of drug-likeness (QED) is 0.804. The third-order valence-corrected chi connectivity index (χ3v) is 2.73. The summed E-state index contributed by atoms with van der Waals surface area (Å²) in [5.41, 5.74) is 1.03. The van der Waals surface area contributed by atoms with E-state index in [4.69, 9.17) is 21.1 Å². The van der Waals surface area contributed by atoms with Gasteiger partial charge in [-0.2, -0.15) is 0 Å². The first-order chi connectivity index (χ1) is 7.84. The Hall–Kier alpha value is -0.770. The SMILES string of the molecule is Clc1cccc(NCCOC2CCOC2)c1. The molecule has 1 aliphatic heterocycles. The van der Waals surface area contributed by atoms with Crippen molar-refractivity contribution in [3.05, 3.63) is 29.3 Å². The third kappa shape index (κ3) is 3.67. The van der Waals surface area contributed by atoms with Crippen LogP contribution in [-0.4, -0.2) is 32.5 Å². The molecular formula is C12H16ClNO2. The summed E-state index contributed by atoms with van der Waals surface area (Å²) in [4.78, 5) is 0. The molecule has 0 radical (unpaired) electrons. The summed E-state index contributed by atoms with van der Waals surface area (Å²) in [5, 5.41) is 4.00. The molecule has 0 bridgehead atoms. The van der Waals surface area contributed by atoms with Crippen LogP contribution in [0.4, 0.5) is 5.69 Å². The average molecular weight is 242 g/mol. The number of halogens is 1. The minimum Gasteiger partial charge on any atom is -0.383 e. The van der Waals surface area contributed by atoms with Crippen molar-refractivity contribution in [2.45, 2.75) is 12.5 Å². The van der Waals surface area contributed by atoms with Crippen LogP contribution in [0.25, 0.3) is 0 Å². The van der Waals surface area contributed by atoms with Crippen LogP contribution in [-0.2, 0) is 9.47 Å². The van der Waals surface area contributed by atoms with Crippen LogP contribution < -0.4 is 5.32 Å². The van der Waals surface area contributed by atoms with Crippen LogP contribution in [0.15, 0.2) is 24.3 Å². The van der Waals surface area contributed by atoms with Gasteiger partial charge in [0.15, 0.2) is 0 Å². The van der Waals surface area contributed by atoms with Crippen molar-refractivity contribution in [2.24, 2.45) is 0 Å². The zero-order valence-corrected chi connectivity index (χ0v) is 9.87. The topological polar surface area (TPSA) is 30.5 Å². The van der Waals surface area contributed by atoms with Crippen molar-refractivity contribution in [1.29, 1.82) is 0 Å². The summed E-state index contributed by atoms with van der Waals surface area (Å²) in [6.07, 6.45) is 1.29. The van der Waals surface area contributed by atoms with E-state index in [9.17, 15) is 0 Å². The summed E-state index contributed by atoms with van der Waals surface area (Å²) >= 11 is 5.87. The second kappa shape index (κ2) is 6.09. The molecule has 0 amide bonds. The maximum absolute atomic E-state index is 5.87. The van der Waals surface area contributed by atoms with E-state index in [0.717, 1.165) is 36.9 Å². The van der Waals surface area contributed by atoms with Gasteiger partial charge in [-0.1, -0.05) is 17.7 Å². The molecule has 0 aromatic heterocycles. The van der Waals surface area contributed by atoms with Crippen molar-refractivity contribution in [2.75, 3.05) is 31.7 Å². The monoisotopic (exact) mass is 241 g/mol. The van der Waals surface area contributed by atoms with E-state index in [1.165, 1.54) is 0 Å². The fourth-order valence-electron chi connectivity index (χ4n) is 1.66. The normalized spacial score (nSPS) is 19.9. The van der Waals surface area contributed by atoms with Gasteiger partial charge in [0.1, 0.15) is 0 Å². The lowest BCUT2D eigenvalue weighted by Crippen LogP contribution is -2.17. The molecule has 1 unspecified atom stereocenters. The van der Waals surface area contributed by atoms with E-state index < -0.39 is 0 Å². The van der Waals surface area contributed by atoms with Crippen LogP contribution in [0.3, 0.4) is 0 Å². The maximum Gasteiger partial charge on any atom is 0.0831 e. The van der Waals surface area contributed by atoms with Crippen LogP contribution in [0.5, 0.6) is 0 Å². The van der Waals surface area contributed by atoms with Gasteiger partial charge in [0.2, 0.25) is 0 Å². The number of anilines is 1. The second-order valence-electron chi connectivity index (χ2n) is 3.79. The van der Waals surface area contributed by atoms with Crippen molar-refractivity contribution in [3.8, 4) is 0 Å². The number of hydrogen-bond donors (Lipinski definition) is 1. The van der Waals surface area contributed by atoms with E-state index in [1.54, 1.807) is 0 Å². The van der Waals surface area contributed by atoms with Gasteiger partial charge in [-0.05, 0) is 24.6 Å². The highest BCUT2D eigenvalue weighted by Crippen LogP contribution is 2.14. The van der Waals surface area contributed by atoms with E-state index in [0.29, 0.717) is 6.61 Å². The Morgan fingerprint density at radius 1 is 1.50 bits per heavy atom. The minimum absolute atomic E-state index is 0.279. The molecule has 0 saturated carbocycles. The molecule has 0 aliphatic carbocycles. The summed E-state index contributed by atoms with van der Waals surface area (Å²) in [5.74, 6) is 0. The number of hydrogen-bond acceptors (Lipinski definition) is 3. The Labute approximate surface area is 101 Å². The smallest absolute Gasteiger partial charge is 0.0831 e. The van der Waals surface area contributed by atoms with E-state index in [-0.39, 0.29) is 6.10 Å². The molecule has 1 saturated heterocycles. The molecule has 1 fully saturated rings. The van der Waals surface area contributed by atoms with E-state index in [1.807, 2.05) is 24.3 Å². The van der Waals surface area contributed by atoms with Gasteiger partial charge >= 0.3 is 0 Å². The lowest BCUT2D eigenvalue weighted by atomic mass is 10.3. The maximum atomic E-state index is 5.87. The number of rotatable bonds is 5. The highest BCUT2D eigenvalue weighted by molar-refractivity contribution is 6.30. The number of ether oxygens (including phenoxy) is 2. The number of benzene rings is 1. The molecule has 4 heteroatoms. The van der Waals surface area contributed by atoms with Gasteiger partial charge in [-0.25, -0.2) is 0 Å². The average Bonchev–Trinajstić information content (AvgIpc) is 2.77. The van der Waals surface area contributed by atoms with Gasteiger partial charge in [-0.3, -0.25) is 0 Å². The third-order valence-electron chi connectivity index (χ3n) is 2.50. The van der Waals surface area contributed by atoms with E-state index >= 15 is 0 Å². The van der Waals surface area contributed by atoms with Gasteiger partial charge in [-0.15, -0.1) is 0 Å². The zero-order chi connectivity index (χ0) is 11.2. The molecule has 1 aliphatic rings. The zero-order valence-electron chi connectivity index (χ0n) is 9.12. The first-order valence-corrected chi connectivity index (χ1v) is 5.91. The molecular weight excluding hydrogens is 226 g/mol. The summed E-state index contributed by atoms with van der Waals surface area (Å²) in [6.45, 7) is 3.04. The van der Waals surface area contributed by atoms with Crippen LogP contribution in [0.1, 0.15) is 6.42 Å². The summed E-state index contributed by atoms with van der Waals surface area (Å²) in [6, 6.07) is 7.68. The minimum atomic E-state index is 0.279. The van der Waals surface area contributed by atoms with Gasteiger partial charge in [0, 0.05) is 23.9 Å². The Balaban J connectivity index is 1.64. The highest BCUT2D eigenvalue weighted by Gasteiger charge is 2.15. The van der Waals surface area contributed by atoms with Crippen molar-refractivity contribution in [1.82, 2.24) is 0 Å². The molecule has 1 atom stereocenters. The Morgan fingerprint density at radius 3 is 3.19 bits per heavy atom. The first-order valence-electron chi connectivity index (χ1n) is 5.53. The fourth-order valence-corrected chi connectivity index (χ4v) is 1.85. The van der Waals surface area contributed by atoms with Gasteiger partial charge in [0.25, 0.3) is 0 Å². The Morgan fingerprint density at radius 2 is 2.44 bits per heavy atom. The molecule has 2 rings (SSSR count). The van der Waals surface area contributed by atoms with Crippen molar-refractivity contribution < 1.29 is 9.47 Å². The summed E-state index contributed by atoms with van der Waals surface area (Å²) < 4.78 is 10.9. The fraction of sp³-hybridized carbons (Fsp3) is 0.500. The predicted octanol–water partition coefficient (Wildman–Crippen LogP) is 2.56. The molecule has 0 spiro atoms. The molecule has 88 valence electrons. The van der Waals surface area contributed by atoms with Crippen LogP contribution >= 0.6 is 11.6 Å². The van der Waals surface area contributed by atoms with Crippen molar-refractivity contribution in [3.63, 3.8) is 0 Å².